The highest BCUT2D eigenvalue weighted by molar-refractivity contribution is 6.02. The Morgan fingerprint density at radius 1 is 1.08 bits per heavy atom. The minimum atomic E-state index is -0.723. The van der Waals surface area contributed by atoms with Gasteiger partial charge in [-0.2, -0.15) is 0 Å². The molecule has 134 valence electrons. The van der Waals surface area contributed by atoms with Gasteiger partial charge in [0.25, 0.3) is 0 Å². The van der Waals surface area contributed by atoms with Crippen molar-refractivity contribution in [2.45, 2.75) is 26.2 Å². The number of hydrogen-bond donors (Lipinski definition) is 2. The fraction of sp³-hybridized carbons (Fsp3) is 0.238. The van der Waals surface area contributed by atoms with Crippen molar-refractivity contribution >= 4 is 28.5 Å². The lowest BCUT2D eigenvalue weighted by atomic mass is 9.83. The number of rotatable bonds is 5. The van der Waals surface area contributed by atoms with E-state index in [1.807, 2.05) is 44.3 Å². The van der Waals surface area contributed by atoms with Crippen molar-refractivity contribution in [3.8, 4) is 0 Å². The molecule has 0 atom stereocenters. The van der Waals surface area contributed by atoms with Gasteiger partial charge in [-0.25, -0.2) is 4.79 Å². The van der Waals surface area contributed by atoms with Gasteiger partial charge in [-0.15, -0.1) is 0 Å². The third-order valence-corrected chi connectivity index (χ3v) is 4.48. The van der Waals surface area contributed by atoms with Gasteiger partial charge in [-0.1, -0.05) is 18.2 Å². The number of ether oxygens (including phenoxy) is 1. The number of aromatic nitrogens is 1. The van der Waals surface area contributed by atoms with E-state index in [1.54, 1.807) is 31.2 Å². The van der Waals surface area contributed by atoms with Crippen LogP contribution in [0.25, 0.3) is 10.9 Å². The van der Waals surface area contributed by atoms with Crippen LogP contribution in [0.15, 0.2) is 54.7 Å². The maximum absolute atomic E-state index is 12.9. The van der Waals surface area contributed by atoms with Gasteiger partial charge >= 0.3 is 5.97 Å². The molecule has 26 heavy (non-hydrogen) atoms. The Hall–Kier alpha value is -3.08. The van der Waals surface area contributed by atoms with E-state index < -0.39 is 5.41 Å². The minimum absolute atomic E-state index is 0.119. The standard InChI is InChI=1S/C21H22N2O3/c1-4-26-19(24)14-9-11-15(12-10-14)23-20(25)21(2,3)17-13-22-18-8-6-5-7-16(17)18/h5-13,22H,4H2,1-3H3,(H,23,25). The number of H-pyrrole nitrogens is 1. The van der Waals surface area contributed by atoms with Gasteiger partial charge in [0.05, 0.1) is 17.6 Å². The normalized spacial score (nSPS) is 11.3. The summed E-state index contributed by atoms with van der Waals surface area (Å²) in [6, 6.07) is 14.6. The molecule has 0 fully saturated rings. The second-order valence-electron chi connectivity index (χ2n) is 6.62. The number of benzene rings is 2. The molecule has 0 unspecified atom stereocenters. The maximum Gasteiger partial charge on any atom is 0.338 e. The van der Waals surface area contributed by atoms with Gasteiger partial charge in [-0.05, 0) is 56.7 Å². The van der Waals surface area contributed by atoms with Gasteiger partial charge in [0.15, 0.2) is 0 Å². The van der Waals surface area contributed by atoms with Gasteiger partial charge in [0.2, 0.25) is 5.91 Å². The van der Waals surface area contributed by atoms with Crippen LogP contribution in [-0.4, -0.2) is 23.5 Å². The fourth-order valence-electron chi connectivity index (χ4n) is 2.90. The first-order chi connectivity index (χ1) is 12.4. The summed E-state index contributed by atoms with van der Waals surface area (Å²) in [5.74, 6) is -0.490. The lowest BCUT2D eigenvalue weighted by Crippen LogP contribution is -2.34. The van der Waals surface area contributed by atoms with Gasteiger partial charge in [-0.3, -0.25) is 4.79 Å². The molecule has 2 aromatic carbocycles. The third-order valence-electron chi connectivity index (χ3n) is 4.48. The summed E-state index contributed by atoms with van der Waals surface area (Å²) in [6.07, 6.45) is 1.88. The quantitative estimate of drug-likeness (QED) is 0.675. The van der Waals surface area contributed by atoms with E-state index in [0.717, 1.165) is 16.5 Å². The third kappa shape index (κ3) is 3.33. The second-order valence-corrected chi connectivity index (χ2v) is 6.62. The van der Waals surface area contributed by atoms with Crippen LogP contribution in [-0.2, 0) is 14.9 Å². The summed E-state index contributed by atoms with van der Waals surface area (Å²) in [5, 5.41) is 3.96. The largest absolute Gasteiger partial charge is 0.462 e. The molecule has 5 nitrogen and oxygen atoms in total. The van der Waals surface area contributed by atoms with Crippen molar-refractivity contribution in [3.63, 3.8) is 0 Å². The van der Waals surface area contributed by atoms with Gasteiger partial charge in [0, 0.05) is 22.8 Å². The van der Waals surface area contributed by atoms with E-state index >= 15 is 0 Å². The summed E-state index contributed by atoms with van der Waals surface area (Å²) in [4.78, 5) is 27.8. The van der Waals surface area contributed by atoms with Crippen molar-refractivity contribution in [3.05, 3.63) is 65.9 Å². The molecule has 1 amide bonds. The predicted octanol–water partition coefficient (Wildman–Crippen LogP) is 4.26. The molecule has 0 saturated carbocycles. The average molecular weight is 350 g/mol. The Labute approximate surface area is 152 Å². The Bertz CT molecular complexity index is 939. The van der Waals surface area contributed by atoms with Crippen LogP contribution >= 0.6 is 0 Å². The molecule has 3 aromatic rings. The number of aromatic amines is 1. The molecular formula is C21H22N2O3. The number of fused-ring (bicyclic) bond motifs is 1. The second kappa shape index (κ2) is 7.04. The summed E-state index contributed by atoms with van der Waals surface area (Å²) < 4.78 is 4.96. The summed E-state index contributed by atoms with van der Waals surface area (Å²) in [7, 11) is 0. The van der Waals surface area contributed by atoms with Crippen LogP contribution in [0.2, 0.25) is 0 Å². The van der Waals surface area contributed by atoms with Crippen LogP contribution in [0.5, 0.6) is 0 Å². The number of amides is 1. The Morgan fingerprint density at radius 2 is 1.77 bits per heavy atom. The average Bonchev–Trinajstić information content (AvgIpc) is 3.07. The molecule has 0 bridgehead atoms. The van der Waals surface area contributed by atoms with Gasteiger partial charge < -0.3 is 15.0 Å². The molecule has 1 heterocycles. The summed E-state index contributed by atoms with van der Waals surface area (Å²) in [5.41, 5.74) is 2.31. The fourth-order valence-corrected chi connectivity index (χ4v) is 2.90. The molecule has 0 radical (unpaired) electrons. The predicted molar refractivity (Wildman–Crippen MR) is 102 cm³/mol. The van der Waals surface area contributed by atoms with Crippen molar-refractivity contribution in [1.29, 1.82) is 0 Å². The molecule has 2 N–H and O–H groups in total. The van der Waals surface area contributed by atoms with Crippen molar-refractivity contribution in [2.24, 2.45) is 0 Å². The molecule has 0 saturated heterocycles. The Kier molecular flexibility index (Phi) is 4.80. The van der Waals surface area contributed by atoms with Crippen LogP contribution in [0, 0.1) is 0 Å². The maximum atomic E-state index is 12.9. The van der Waals surface area contributed by atoms with Crippen molar-refractivity contribution in [2.75, 3.05) is 11.9 Å². The van der Waals surface area contributed by atoms with Crippen LogP contribution in [0.4, 0.5) is 5.69 Å². The number of nitrogens with one attached hydrogen (secondary N) is 2. The van der Waals surface area contributed by atoms with Crippen LogP contribution in [0.1, 0.15) is 36.7 Å². The van der Waals surface area contributed by atoms with Crippen molar-refractivity contribution < 1.29 is 14.3 Å². The Balaban J connectivity index is 1.79. The Morgan fingerprint density at radius 3 is 2.46 bits per heavy atom. The van der Waals surface area contributed by atoms with Gasteiger partial charge in [0.1, 0.15) is 0 Å². The van der Waals surface area contributed by atoms with Crippen LogP contribution < -0.4 is 5.32 Å². The zero-order chi connectivity index (χ0) is 18.7. The highest BCUT2D eigenvalue weighted by atomic mass is 16.5. The molecule has 1 aromatic heterocycles. The molecular weight excluding hydrogens is 328 g/mol. The lowest BCUT2D eigenvalue weighted by molar-refractivity contribution is -0.120. The monoisotopic (exact) mass is 350 g/mol. The molecule has 5 heteroatoms. The number of esters is 1. The SMILES string of the molecule is CCOC(=O)c1ccc(NC(=O)C(C)(C)c2c[nH]c3ccccc23)cc1. The lowest BCUT2D eigenvalue weighted by Gasteiger charge is -2.23. The number of para-hydroxylation sites is 1. The zero-order valence-corrected chi connectivity index (χ0v) is 15.1. The minimum Gasteiger partial charge on any atom is -0.462 e. The van der Waals surface area contributed by atoms with E-state index in [0.29, 0.717) is 17.9 Å². The summed E-state index contributed by atoms with van der Waals surface area (Å²) in [6.45, 7) is 5.88. The highest BCUT2D eigenvalue weighted by Crippen LogP contribution is 2.31. The van der Waals surface area contributed by atoms with E-state index in [4.69, 9.17) is 4.74 Å². The number of carbonyl (C=O) groups excluding carboxylic acids is 2. The molecule has 0 aliphatic carbocycles. The van der Waals surface area contributed by atoms with E-state index in [9.17, 15) is 9.59 Å². The van der Waals surface area contributed by atoms with E-state index in [1.165, 1.54) is 0 Å². The smallest absolute Gasteiger partial charge is 0.338 e. The summed E-state index contributed by atoms with van der Waals surface area (Å²) >= 11 is 0. The highest BCUT2D eigenvalue weighted by Gasteiger charge is 2.32. The van der Waals surface area contributed by atoms with Crippen LogP contribution in [0.3, 0.4) is 0 Å². The topological polar surface area (TPSA) is 71.2 Å². The van der Waals surface area contributed by atoms with E-state index in [-0.39, 0.29) is 11.9 Å². The molecule has 0 aliphatic heterocycles. The first-order valence-corrected chi connectivity index (χ1v) is 8.58. The van der Waals surface area contributed by atoms with E-state index in [2.05, 4.69) is 10.3 Å². The number of carbonyl (C=O) groups is 2. The number of anilines is 1. The first-order valence-electron chi connectivity index (χ1n) is 8.58. The zero-order valence-electron chi connectivity index (χ0n) is 15.1. The number of hydrogen-bond acceptors (Lipinski definition) is 3. The molecule has 3 rings (SSSR count). The molecule has 0 spiro atoms. The first kappa shape index (κ1) is 17.7. The molecule has 0 aliphatic rings. The van der Waals surface area contributed by atoms with Crippen molar-refractivity contribution in [1.82, 2.24) is 4.98 Å².